The molecular weight excluding hydrogens is 452 g/mol. The smallest absolute Gasteiger partial charge is 0.254 e. The molecule has 0 aliphatic carbocycles. The maximum Gasteiger partial charge on any atom is 0.254 e. The minimum absolute atomic E-state index is 0.00552. The molecule has 35 heavy (non-hydrogen) atoms. The van der Waals surface area contributed by atoms with E-state index in [1.54, 1.807) is 16.2 Å². The molecule has 2 aromatic carbocycles. The molecule has 1 aliphatic heterocycles. The Morgan fingerprint density at radius 2 is 1.77 bits per heavy atom. The van der Waals surface area contributed by atoms with Crippen LogP contribution in [0.15, 0.2) is 60.0 Å². The van der Waals surface area contributed by atoms with Gasteiger partial charge in [-0.15, -0.1) is 11.3 Å². The fourth-order valence-electron chi connectivity index (χ4n) is 4.78. The van der Waals surface area contributed by atoms with Gasteiger partial charge in [0.1, 0.15) is 6.54 Å². The van der Waals surface area contributed by atoms with Crippen LogP contribution in [0.1, 0.15) is 77.1 Å². The van der Waals surface area contributed by atoms with Crippen LogP contribution in [0, 0.1) is 6.92 Å². The summed E-state index contributed by atoms with van der Waals surface area (Å²) in [6, 6.07) is 18.3. The highest BCUT2D eigenvalue weighted by molar-refractivity contribution is 7.10. The van der Waals surface area contributed by atoms with Crippen LogP contribution >= 0.6 is 11.3 Å². The van der Waals surface area contributed by atoms with Crippen molar-refractivity contribution >= 4 is 23.2 Å². The minimum Gasteiger partial charge on any atom is -0.330 e. The lowest BCUT2D eigenvalue weighted by atomic mass is 9.92. The van der Waals surface area contributed by atoms with Crippen LogP contribution in [0.3, 0.4) is 0 Å². The largest absolute Gasteiger partial charge is 0.330 e. The molecule has 3 aromatic rings. The van der Waals surface area contributed by atoms with Crippen molar-refractivity contribution in [2.24, 2.45) is 0 Å². The average molecular weight is 489 g/mol. The van der Waals surface area contributed by atoms with Crippen molar-refractivity contribution in [3.8, 4) is 0 Å². The molecule has 0 fully saturated rings. The highest BCUT2D eigenvalue weighted by atomic mass is 32.1. The first-order valence-corrected chi connectivity index (χ1v) is 13.6. The van der Waals surface area contributed by atoms with Gasteiger partial charge in [0.2, 0.25) is 5.91 Å². The molecule has 4 nitrogen and oxygen atoms in total. The lowest BCUT2D eigenvalue weighted by Crippen LogP contribution is -2.48. The Bertz CT molecular complexity index is 1150. The Morgan fingerprint density at radius 3 is 2.43 bits per heavy atom. The van der Waals surface area contributed by atoms with Crippen molar-refractivity contribution < 1.29 is 9.59 Å². The number of benzene rings is 2. The third-order valence-corrected chi connectivity index (χ3v) is 7.89. The van der Waals surface area contributed by atoms with E-state index in [0.717, 1.165) is 31.2 Å². The molecule has 0 N–H and O–H groups in total. The molecule has 0 radical (unpaired) electrons. The van der Waals surface area contributed by atoms with E-state index in [0.29, 0.717) is 12.1 Å². The number of carbonyl (C=O) groups is 2. The molecule has 2 amide bonds. The summed E-state index contributed by atoms with van der Waals surface area (Å²) < 4.78 is 0. The van der Waals surface area contributed by atoms with Gasteiger partial charge in [0.05, 0.1) is 6.04 Å². The van der Waals surface area contributed by atoms with Gasteiger partial charge in [-0.3, -0.25) is 9.59 Å². The first-order valence-electron chi connectivity index (χ1n) is 12.7. The zero-order valence-electron chi connectivity index (χ0n) is 21.3. The Balaban J connectivity index is 1.55. The number of fused-ring (bicyclic) bond motifs is 1. The van der Waals surface area contributed by atoms with E-state index < -0.39 is 0 Å². The van der Waals surface area contributed by atoms with Crippen LogP contribution in [0.5, 0.6) is 0 Å². The molecule has 184 valence electrons. The van der Waals surface area contributed by atoms with Gasteiger partial charge in [-0.25, -0.2) is 0 Å². The number of hydrogen-bond donors (Lipinski definition) is 0. The van der Waals surface area contributed by atoms with Gasteiger partial charge in [-0.05, 0) is 80.3 Å². The fraction of sp³-hybridized carbons (Fsp3) is 0.400. The molecule has 0 spiro atoms. The normalized spacial score (nSPS) is 15.2. The third kappa shape index (κ3) is 5.67. The first-order chi connectivity index (χ1) is 16.9. The summed E-state index contributed by atoms with van der Waals surface area (Å²) in [5.41, 5.74) is 5.42. The van der Waals surface area contributed by atoms with Crippen LogP contribution in [-0.2, 0) is 17.6 Å². The van der Waals surface area contributed by atoms with Crippen LogP contribution < -0.4 is 0 Å². The summed E-state index contributed by atoms with van der Waals surface area (Å²) in [6.45, 7) is 8.95. The average Bonchev–Trinajstić information content (AvgIpc) is 3.34. The van der Waals surface area contributed by atoms with Gasteiger partial charge in [0.15, 0.2) is 0 Å². The van der Waals surface area contributed by atoms with E-state index >= 15 is 0 Å². The highest BCUT2D eigenvalue weighted by Crippen LogP contribution is 2.38. The van der Waals surface area contributed by atoms with E-state index in [9.17, 15) is 9.59 Å². The molecule has 5 heteroatoms. The molecule has 4 rings (SSSR count). The van der Waals surface area contributed by atoms with Crippen molar-refractivity contribution in [1.82, 2.24) is 9.80 Å². The second kappa shape index (κ2) is 11.2. The number of amides is 2. The second-order valence-electron chi connectivity index (χ2n) is 9.78. The fourth-order valence-corrected chi connectivity index (χ4v) is 5.68. The Labute approximate surface area is 213 Å². The standard InChI is InChI=1S/C30H36N2O2S/c1-5-6-7-23-10-14-25(15-11-23)30(34)32(21(2)3)20-28(33)31-18-16-27-26(17-19-35-27)29(31)24-12-8-22(4)9-13-24/h8-15,17,19,21,29H,5-7,16,18,20H2,1-4H3. The summed E-state index contributed by atoms with van der Waals surface area (Å²) in [4.78, 5) is 32.2. The number of thiophene rings is 1. The molecule has 1 unspecified atom stereocenters. The van der Waals surface area contributed by atoms with Crippen LogP contribution in [-0.4, -0.2) is 40.7 Å². The maximum absolute atomic E-state index is 13.7. The van der Waals surface area contributed by atoms with E-state index in [4.69, 9.17) is 0 Å². The topological polar surface area (TPSA) is 40.6 Å². The van der Waals surface area contributed by atoms with E-state index in [1.165, 1.54) is 21.6 Å². The van der Waals surface area contributed by atoms with E-state index in [-0.39, 0.29) is 30.4 Å². The lowest BCUT2D eigenvalue weighted by molar-refractivity contribution is -0.134. The molecule has 1 aliphatic rings. The number of aryl methyl sites for hydroxylation is 2. The minimum atomic E-state index is -0.111. The molecule has 1 aromatic heterocycles. The molecule has 2 heterocycles. The van der Waals surface area contributed by atoms with E-state index in [2.05, 4.69) is 49.6 Å². The summed E-state index contributed by atoms with van der Waals surface area (Å²) in [6.07, 6.45) is 4.17. The van der Waals surface area contributed by atoms with Crippen molar-refractivity contribution in [2.75, 3.05) is 13.1 Å². The number of nitrogens with zero attached hydrogens (tertiary/aromatic N) is 2. The Morgan fingerprint density at radius 1 is 1.06 bits per heavy atom. The molecule has 0 bridgehead atoms. The van der Waals surface area contributed by atoms with Gasteiger partial charge in [-0.1, -0.05) is 55.3 Å². The number of unbranched alkanes of at least 4 members (excludes halogenated alkanes) is 1. The molecular formula is C30H36N2O2S. The second-order valence-corrected chi connectivity index (χ2v) is 10.8. The summed E-state index contributed by atoms with van der Waals surface area (Å²) >= 11 is 1.77. The monoisotopic (exact) mass is 488 g/mol. The van der Waals surface area contributed by atoms with Crippen molar-refractivity contribution in [2.45, 2.75) is 65.5 Å². The Kier molecular flexibility index (Phi) is 8.07. The van der Waals surface area contributed by atoms with Gasteiger partial charge >= 0.3 is 0 Å². The SMILES string of the molecule is CCCCc1ccc(C(=O)N(CC(=O)N2CCc3sccc3C2c2ccc(C)cc2)C(C)C)cc1. The van der Waals surface area contributed by atoms with Crippen molar-refractivity contribution in [3.05, 3.63) is 92.7 Å². The van der Waals surface area contributed by atoms with Crippen LogP contribution in [0.25, 0.3) is 0 Å². The highest BCUT2D eigenvalue weighted by Gasteiger charge is 2.34. The predicted molar refractivity (Wildman–Crippen MR) is 144 cm³/mol. The molecule has 1 atom stereocenters. The van der Waals surface area contributed by atoms with Crippen molar-refractivity contribution in [1.29, 1.82) is 0 Å². The van der Waals surface area contributed by atoms with E-state index in [1.807, 2.05) is 43.0 Å². The first kappa shape index (κ1) is 25.2. The van der Waals surface area contributed by atoms with Gasteiger partial charge < -0.3 is 9.80 Å². The summed E-state index contributed by atoms with van der Waals surface area (Å²) in [7, 11) is 0. The van der Waals surface area contributed by atoms with Crippen LogP contribution in [0.2, 0.25) is 0 Å². The quantitative estimate of drug-likeness (QED) is 0.367. The number of carbonyl (C=O) groups excluding carboxylic acids is 2. The maximum atomic E-state index is 13.7. The zero-order valence-corrected chi connectivity index (χ0v) is 22.1. The number of rotatable bonds is 8. The van der Waals surface area contributed by atoms with Crippen molar-refractivity contribution in [3.63, 3.8) is 0 Å². The number of hydrogen-bond acceptors (Lipinski definition) is 3. The van der Waals surface area contributed by atoms with Crippen LogP contribution in [0.4, 0.5) is 0 Å². The van der Waals surface area contributed by atoms with Gasteiger partial charge in [0.25, 0.3) is 5.91 Å². The zero-order chi connectivity index (χ0) is 24.9. The van der Waals surface area contributed by atoms with Gasteiger partial charge in [-0.2, -0.15) is 0 Å². The Hall–Kier alpha value is -2.92. The third-order valence-electron chi connectivity index (χ3n) is 6.89. The molecule has 0 saturated heterocycles. The lowest BCUT2D eigenvalue weighted by Gasteiger charge is -2.38. The van der Waals surface area contributed by atoms with Gasteiger partial charge in [0, 0.05) is 23.0 Å². The predicted octanol–water partition coefficient (Wildman–Crippen LogP) is 6.42. The molecule has 0 saturated carbocycles. The summed E-state index contributed by atoms with van der Waals surface area (Å²) in [5.74, 6) is -0.0930. The summed E-state index contributed by atoms with van der Waals surface area (Å²) in [5, 5.41) is 2.12.